The van der Waals surface area contributed by atoms with E-state index in [2.05, 4.69) is 12.6 Å². The number of rotatable bonds is 1. The van der Waals surface area contributed by atoms with Crippen LogP contribution in [-0.4, -0.2) is 9.55 Å². The second kappa shape index (κ2) is 3.29. The Morgan fingerprint density at radius 2 is 1.71 bits per heavy atom. The first-order valence-electron chi connectivity index (χ1n) is 1.71. The second-order valence-corrected chi connectivity index (χ2v) is 3.99. The third-order valence-electron chi connectivity index (χ3n) is 0.386. The molecule has 7 heavy (non-hydrogen) atoms. The lowest BCUT2D eigenvalue weighted by molar-refractivity contribution is 0.992. The summed E-state index contributed by atoms with van der Waals surface area (Å²) in [5.74, 6) is 0.497. The van der Waals surface area contributed by atoms with E-state index in [0.29, 0.717) is 12.2 Å². The van der Waals surface area contributed by atoms with Crippen molar-refractivity contribution in [2.75, 3.05) is 5.75 Å². The van der Waals surface area contributed by atoms with E-state index in [9.17, 15) is 0 Å². The standard InChI is InChI=1S/C3H4Cl3S/c4-3(5,6)1-2-7/h1-2H2. The van der Waals surface area contributed by atoms with Crippen LogP contribution in [0.15, 0.2) is 0 Å². The molecule has 0 spiro atoms. The van der Waals surface area contributed by atoms with Gasteiger partial charge < -0.3 is 0 Å². The van der Waals surface area contributed by atoms with Crippen molar-refractivity contribution in [2.45, 2.75) is 10.2 Å². The van der Waals surface area contributed by atoms with E-state index in [1.165, 1.54) is 0 Å². The zero-order chi connectivity index (χ0) is 5.91. The van der Waals surface area contributed by atoms with Crippen LogP contribution < -0.4 is 0 Å². The minimum atomic E-state index is -1.14. The molecule has 0 aliphatic heterocycles. The van der Waals surface area contributed by atoms with Crippen molar-refractivity contribution in [3.05, 3.63) is 0 Å². The van der Waals surface area contributed by atoms with Gasteiger partial charge in [0, 0.05) is 12.2 Å². The van der Waals surface area contributed by atoms with Gasteiger partial charge in [-0.2, -0.15) is 0 Å². The van der Waals surface area contributed by atoms with Crippen molar-refractivity contribution in [3.8, 4) is 0 Å². The molecule has 0 saturated heterocycles. The van der Waals surface area contributed by atoms with Crippen molar-refractivity contribution in [2.24, 2.45) is 0 Å². The molecule has 43 valence electrons. The number of halogens is 3. The highest BCUT2D eigenvalue weighted by atomic mass is 35.6. The normalized spacial score (nSPS) is 12.0. The molecule has 0 bridgehead atoms. The summed E-state index contributed by atoms with van der Waals surface area (Å²) in [7, 11) is 0. The van der Waals surface area contributed by atoms with Gasteiger partial charge in [-0.15, -0.1) is 0 Å². The lowest BCUT2D eigenvalue weighted by atomic mass is 10.6. The van der Waals surface area contributed by atoms with Crippen molar-refractivity contribution in [3.63, 3.8) is 0 Å². The van der Waals surface area contributed by atoms with Crippen molar-refractivity contribution in [1.82, 2.24) is 0 Å². The third-order valence-corrected chi connectivity index (χ3v) is 1.16. The highest BCUT2D eigenvalue weighted by molar-refractivity contribution is 7.80. The van der Waals surface area contributed by atoms with E-state index in [1.54, 1.807) is 0 Å². The largest absolute Gasteiger partial charge is 0.191 e. The molecule has 0 N–H and O–H groups in total. The average molecular weight is 178 g/mol. The molecule has 0 aliphatic rings. The van der Waals surface area contributed by atoms with Gasteiger partial charge in [0.1, 0.15) is 0 Å². The molecule has 0 amide bonds. The maximum absolute atomic E-state index is 5.30. The Morgan fingerprint density at radius 1 is 1.29 bits per heavy atom. The summed E-state index contributed by atoms with van der Waals surface area (Å²) in [5, 5.41) is 0. The molecule has 0 rings (SSSR count). The monoisotopic (exact) mass is 177 g/mol. The SMILES string of the molecule is [S]CCC(Cl)(Cl)Cl. The number of hydrogen-bond donors (Lipinski definition) is 0. The Labute approximate surface area is 63.5 Å². The van der Waals surface area contributed by atoms with Crippen LogP contribution in [-0.2, 0) is 0 Å². The molecule has 0 fully saturated rings. The summed E-state index contributed by atoms with van der Waals surface area (Å²) in [4.78, 5) is 0. The minimum absolute atomic E-state index is 0.451. The lowest BCUT2D eigenvalue weighted by Gasteiger charge is -2.05. The highest BCUT2D eigenvalue weighted by Crippen LogP contribution is 2.29. The molecule has 1 radical (unpaired) electrons. The third kappa shape index (κ3) is 7.22. The van der Waals surface area contributed by atoms with Gasteiger partial charge in [-0.25, -0.2) is 0 Å². The van der Waals surface area contributed by atoms with E-state index in [1.807, 2.05) is 0 Å². The van der Waals surface area contributed by atoms with Crippen LogP contribution in [0.4, 0.5) is 0 Å². The van der Waals surface area contributed by atoms with E-state index in [4.69, 9.17) is 34.8 Å². The van der Waals surface area contributed by atoms with Crippen LogP contribution in [0.3, 0.4) is 0 Å². The van der Waals surface area contributed by atoms with Crippen LogP contribution in [0.25, 0.3) is 0 Å². The van der Waals surface area contributed by atoms with Gasteiger partial charge in [0.15, 0.2) is 3.79 Å². The molecule has 0 saturated carbocycles. The Kier molecular flexibility index (Phi) is 3.86. The van der Waals surface area contributed by atoms with Gasteiger partial charge in [-0.3, -0.25) is 0 Å². The van der Waals surface area contributed by atoms with E-state index < -0.39 is 3.79 Å². The zero-order valence-electron chi connectivity index (χ0n) is 3.46. The first-order chi connectivity index (χ1) is 3.06. The van der Waals surface area contributed by atoms with Crippen LogP contribution in [0.1, 0.15) is 6.42 Å². The van der Waals surface area contributed by atoms with E-state index in [0.717, 1.165) is 0 Å². The maximum atomic E-state index is 5.30. The molecule has 0 aromatic rings. The molecule has 0 atom stereocenters. The van der Waals surface area contributed by atoms with Gasteiger partial charge in [0.2, 0.25) is 0 Å². The summed E-state index contributed by atoms with van der Waals surface area (Å²) in [5.41, 5.74) is 0. The molecule has 0 aromatic carbocycles. The van der Waals surface area contributed by atoms with E-state index >= 15 is 0 Å². The fourth-order valence-electron chi connectivity index (χ4n) is 0.116. The van der Waals surface area contributed by atoms with Crippen LogP contribution >= 0.6 is 47.4 Å². The fraction of sp³-hybridized carbons (Fsp3) is 1.00. The van der Waals surface area contributed by atoms with Crippen molar-refractivity contribution in [1.29, 1.82) is 0 Å². The highest BCUT2D eigenvalue weighted by Gasteiger charge is 2.16. The topological polar surface area (TPSA) is 0 Å². The zero-order valence-corrected chi connectivity index (χ0v) is 6.54. The Balaban J connectivity index is 3.15. The van der Waals surface area contributed by atoms with Crippen LogP contribution in [0.2, 0.25) is 0 Å². The van der Waals surface area contributed by atoms with Gasteiger partial charge in [0.05, 0.1) is 0 Å². The molecular weight excluding hydrogens is 174 g/mol. The lowest BCUT2D eigenvalue weighted by Crippen LogP contribution is -2.01. The molecule has 0 heterocycles. The summed E-state index contributed by atoms with van der Waals surface area (Å²) in [6, 6.07) is 0. The molecule has 4 heteroatoms. The average Bonchev–Trinajstić information content (AvgIpc) is 1.30. The first-order valence-corrected chi connectivity index (χ1v) is 3.42. The maximum Gasteiger partial charge on any atom is 0.191 e. The van der Waals surface area contributed by atoms with E-state index in [-0.39, 0.29) is 0 Å². The van der Waals surface area contributed by atoms with Gasteiger partial charge in [-0.05, 0) is 0 Å². The fourth-order valence-corrected chi connectivity index (χ4v) is 1.04. The Morgan fingerprint density at radius 3 is 1.71 bits per heavy atom. The van der Waals surface area contributed by atoms with Crippen LogP contribution in [0, 0.1) is 0 Å². The summed E-state index contributed by atoms with van der Waals surface area (Å²) in [6.45, 7) is 0. The second-order valence-electron chi connectivity index (χ2n) is 1.07. The molecule has 0 unspecified atom stereocenters. The summed E-state index contributed by atoms with van der Waals surface area (Å²) in [6.07, 6.45) is 0.451. The quantitative estimate of drug-likeness (QED) is 0.542. The van der Waals surface area contributed by atoms with Crippen molar-refractivity contribution < 1.29 is 0 Å². The molecule has 0 nitrogen and oxygen atoms in total. The summed E-state index contributed by atoms with van der Waals surface area (Å²) >= 11 is 20.4. The summed E-state index contributed by atoms with van der Waals surface area (Å²) < 4.78 is -1.14. The number of alkyl halides is 3. The Bertz CT molecular complexity index is 48.6. The predicted molar refractivity (Wildman–Crippen MR) is 37.4 cm³/mol. The number of hydrogen-bond acceptors (Lipinski definition) is 0. The molecule has 0 aromatic heterocycles. The van der Waals surface area contributed by atoms with Gasteiger partial charge in [0.25, 0.3) is 0 Å². The predicted octanol–water partition coefficient (Wildman–Crippen LogP) is 2.94. The van der Waals surface area contributed by atoms with Gasteiger partial charge >= 0.3 is 0 Å². The smallest absolute Gasteiger partial charge is 0.0940 e. The molecular formula is C3H4Cl3S. The molecule has 0 aliphatic carbocycles. The Hall–Kier alpha value is 1.22. The first kappa shape index (κ1) is 8.22. The van der Waals surface area contributed by atoms with Gasteiger partial charge in [-0.1, -0.05) is 47.4 Å². The van der Waals surface area contributed by atoms with Crippen molar-refractivity contribution >= 4 is 47.4 Å². The van der Waals surface area contributed by atoms with Crippen LogP contribution in [0.5, 0.6) is 0 Å². The minimum Gasteiger partial charge on any atom is -0.0940 e.